The summed E-state index contributed by atoms with van der Waals surface area (Å²) in [6, 6.07) is 18.9. The molecule has 6 heteroatoms. The lowest BCUT2D eigenvalue weighted by Crippen LogP contribution is -2.23. The van der Waals surface area contributed by atoms with Crippen molar-refractivity contribution in [3.63, 3.8) is 0 Å². The van der Waals surface area contributed by atoms with Crippen LogP contribution in [-0.4, -0.2) is 24.9 Å². The Labute approximate surface area is 174 Å². The SMILES string of the molecule is O=C(NCc1ccc(N2CCCC2)cc1)c1cccc(NC(=O)c2cccs2)c1. The standard InChI is InChI=1S/C23H23N3O2S/c27-22(24-16-17-8-10-20(11-9-17)26-12-1-2-13-26)18-5-3-6-19(15-18)25-23(28)21-7-4-14-29-21/h3-11,14-15H,1-2,12-13,16H2,(H,24,27)(H,25,28). The predicted molar refractivity (Wildman–Crippen MR) is 118 cm³/mol. The fourth-order valence-corrected chi connectivity index (χ4v) is 4.04. The van der Waals surface area contributed by atoms with Crippen molar-refractivity contribution in [2.45, 2.75) is 19.4 Å². The molecule has 0 bridgehead atoms. The van der Waals surface area contributed by atoms with Crippen LogP contribution in [0.5, 0.6) is 0 Å². The molecular weight excluding hydrogens is 382 g/mol. The Kier molecular flexibility index (Phi) is 5.91. The van der Waals surface area contributed by atoms with Crippen molar-refractivity contribution in [2.24, 2.45) is 0 Å². The van der Waals surface area contributed by atoms with Gasteiger partial charge in [0.25, 0.3) is 11.8 Å². The lowest BCUT2D eigenvalue weighted by atomic mass is 10.1. The number of nitrogens with zero attached hydrogens (tertiary/aromatic N) is 1. The van der Waals surface area contributed by atoms with Gasteiger partial charge in [0, 0.05) is 36.6 Å². The van der Waals surface area contributed by atoms with Gasteiger partial charge in [0.1, 0.15) is 0 Å². The molecule has 1 aliphatic heterocycles. The average Bonchev–Trinajstić information content (AvgIpc) is 3.47. The van der Waals surface area contributed by atoms with Crippen molar-refractivity contribution in [1.82, 2.24) is 5.32 Å². The number of thiophene rings is 1. The molecule has 29 heavy (non-hydrogen) atoms. The highest BCUT2D eigenvalue weighted by Crippen LogP contribution is 2.20. The van der Waals surface area contributed by atoms with Crippen LogP contribution < -0.4 is 15.5 Å². The molecule has 0 unspecified atom stereocenters. The summed E-state index contributed by atoms with van der Waals surface area (Å²) in [6.45, 7) is 2.70. The summed E-state index contributed by atoms with van der Waals surface area (Å²) in [5, 5.41) is 7.64. The van der Waals surface area contributed by atoms with Crippen molar-refractivity contribution in [3.05, 3.63) is 82.0 Å². The summed E-state index contributed by atoms with van der Waals surface area (Å²) < 4.78 is 0. The van der Waals surface area contributed by atoms with Crippen molar-refractivity contribution in [3.8, 4) is 0 Å². The molecule has 0 atom stereocenters. The van der Waals surface area contributed by atoms with Gasteiger partial charge in [-0.15, -0.1) is 11.3 Å². The molecule has 3 aromatic rings. The van der Waals surface area contributed by atoms with E-state index in [-0.39, 0.29) is 11.8 Å². The fraction of sp³-hybridized carbons (Fsp3) is 0.217. The van der Waals surface area contributed by atoms with Gasteiger partial charge in [-0.3, -0.25) is 9.59 Å². The molecular formula is C23H23N3O2S. The van der Waals surface area contributed by atoms with E-state index in [9.17, 15) is 9.59 Å². The Morgan fingerprint density at radius 2 is 1.72 bits per heavy atom. The first-order chi connectivity index (χ1) is 14.2. The molecule has 1 fully saturated rings. The number of rotatable bonds is 6. The van der Waals surface area contributed by atoms with E-state index in [1.807, 2.05) is 11.4 Å². The average molecular weight is 406 g/mol. The van der Waals surface area contributed by atoms with Crippen molar-refractivity contribution in [1.29, 1.82) is 0 Å². The summed E-state index contributed by atoms with van der Waals surface area (Å²) in [5.41, 5.74) is 3.42. The second-order valence-corrected chi connectivity index (χ2v) is 8.00. The van der Waals surface area contributed by atoms with Gasteiger partial charge in [0.05, 0.1) is 4.88 Å². The van der Waals surface area contributed by atoms with Gasteiger partial charge >= 0.3 is 0 Å². The van der Waals surface area contributed by atoms with Crippen LogP contribution >= 0.6 is 11.3 Å². The van der Waals surface area contributed by atoms with Gasteiger partial charge in [-0.05, 0) is 60.2 Å². The van der Waals surface area contributed by atoms with E-state index in [4.69, 9.17) is 0 Å². The van der Waals surface area contributed by atoms with Gasteiger partial charge < -0.3 is 15.5 Å². The highest BCUT2D eigenvalue weighted by atomic mass is 32.1. The van der Waals surface area contributed by atoms with Gasteiger partial charge in [-0.25, -0.2) is 0 Å². The minimum absolute atomic E-state index is 0.166. The number of hydrogen-bond acceptors (Lipinski definition) is 4. The van der Waals surface area contributed by atoms with Crippen molar-refractivity contribution in [2.75, 3.05) is 23.3 Å². The van der Waals surface area contributed by atoms with Gasteiger partial charge in [-0.1, -0.05) is 24.3 Å². The number of amides is 2. The zero-order valence-electron chi connectivity index (χ0n) is 16.1. The van der Waals surface area contributed by atoms with E-state index in [0.717, 1.165) is 18.7 Å². The summed E-state index contributed by atoms with van der Waals surface area (Å²) >= 11 is 1.38. The van der Waals surface area contributed by atoms with Crippen LogP contribution in [0.3, 0.4) is 0 Å². The minimum atomic E-state index is -0.171. The summed E-state index contributed by atoms with van der Waals surface area (Å²) in [5.74, 6) is -0.337. The van der Waals surface area contributed by atoms with Crippen molar-refractivity contribution < 1.29 is 9.59 Å². The van der Waals surface area contributed by atoms with E-state index in [1.165, 1.54) is 29.9 Å². The normalized spacial score (nSPS) is 13.3. The number of hydrogen-bond donors (Lipinski definition) is 2. The summed E-state index contributed by atoms with van der Waals surface area (Å²) in [6.07, 6.45) is 2.51. The Balaban J connectivity index is 1.34. The van der Waals surface area contributed by atoms with Crippen LogP contribution in [0.2, 0.25) is 0 Å². The number of benzene rings is 2. The topological polar surface area (TPSA) is 61.4 Å². The van der Waals surface area contributed by atoms with Crippen LogP contribution in [0, 0.1) is 0 Å². The molecule has 0 spiro atoms. The monoisotopic (exact) mass is 405 g/mol. The Hall–Kier alpha value is -3.12. The maximum atomic E-state index is 12.5. The van der Waals surface area contributed by atoms with Crippen molar-refractivity contribution >= 4 is 34.5 Å². The summed E-state index contributed by atoms with van der Waals surface area (Å²) in [7, 11) is 0. The lowest BCUT2D eigenvalue weighted by Gasteiger charge is -2.17. The van der Waals surface area contributed by atoms with E-state index in [1.54, 1.807) is 30.3 Å². The third-order valence-corrected chi connectivity index (χ3v) is 5.86. The first-order valence-corrected chi connectivity index (χ1v) is 10.6. The molecule has 1 aromatic heterocycles. The predicted octanol–water partition coefficient (Wildman–Crippen LogP) is 4.53. The molecule has 148 valence electrons. The van der Waals surface area contributed by atoms with Gasteiger partial charge in [0.15, 0.2) is 0 Å². The zero-order chi connectivity index (χ0) is 20.1. The molecule has 0 saturated carbocycles. The first-order valence-electron chi connectivity index (χ1n) is 9.76. The number of nitrogens with one attached hydrogen (secondary N) is 2. The highest BCUT2D eigenvalue weighted by molar-refractivity contribution is 7.12. The molecule has 0 aliphatic carbocycles. The quantitative estimate of drug-likeness (QED) is 0.633. The zero-order valence-corrected chi connectivity index (χ0v) is 16.9. The smallest absolute Gasteiger partial charge is 0.265 e. The minimum Gasteiger partial charge on any atom is -0.372 e. The first kappa shape index (κ1) is 19.2. The van der Waals surface area contributed by atoms with E-state index < -0.39 is 0 Å². The number of carbonyl (C=O) groups is 2. The van der Waals surface area contributed by atoms with Crippen LogP contribution in [-0.2, 0) is 6.54 Å². The third kappa shape index (κ3) is 4.84. The largest absolute Gasteiger partial charge is 0.372 e. The van der Waals surface area contributed by atoms with Crippen LogP contribution in [0.4, 0.5) is 11.4 Å². The van der Waals surface area contributed by atoms with Crippen LogP contribution in [0.25, 0.3) is 0 Å². The second kappa shape index (κ2) is 8.92. The number of carbonyl (C=O) groups excluding carboxylic acids is 2. The van der Waals surface area contributed by atoms with E-state index in [0.29, 0.717) is 22.7 Å². The lowest BCUT2D eigenvalue weighted by molar-refractivity contribution is 0.0949. The maximum absolute atomic E-state index is 12.5. The van der Waals surface area contributed by atoms with Gasteiger partial charge in [0.2, 0.25) is 0 Å². The molecule has 2 N–H and O–H groups in total. The van der Waals surface area contributed by atoms with Crippen LogP contribution in [0.15, 0.2) is 66.0 Å². The summed E-state index contributed by atoms with van der Waals surface area (Å²) in [4.78, 5) is 27.7. The van der Waals surface area contributed by atoms with Gasteiger partial charge in [-0.2, -0.15) is 0 Å². The fourth-order valence-electron chi connectivity index (χ4n) is 3.42. The maximum Gasteiger partial charge on any atom is 0.265 e. The molecule has 5 nitrogen and oxygen atoms in total. The molecule has 2 heterocycles. The second-order valence-electron chi connectivity index (χ2n) is 7.06. The highest BCUT2D eigenvalue weighted by Gasteiger charge is 2.12. The van der Waals surface area contributed by atoms with E-state index in [2.05, 4.69) is 39.8 Å². The molecule has 2 aromatic carbocycles. The molecule has 1 aliphatic rings. The Morgan fingerprint density at radius 1 is 0.931 bits per heavy atom. The third-order valence-electron chi connectivity index (χ3n) is 4.99. The molecule has 2 amide bonds. The Bertz CT molecular complexity index is 978. The molecule has 4 rings (SSSR count). The molecule has 1 saturated heterocycles. The Morgan fingerprint density at radius 3 is 2.45 bits per heavy atom. The van der Waals surface area contributed by atoms with E-state index >= 15 is 0 Å². The molecule has 0 radical (unpaired) electrons. The van der Waals surface area contributed by atoms with Crippen LogP contribution in [0.1, 0.15) is 38.4 Å². The number of anilines is 2.